The summed E-state index contributed by atoms with van der Waals surface area (Å²) in [4.78, 5) is 20.6. The van der Waals surface area contributed by atoms with Crippen LogP contribution in [0.3, 0.4) is 0 Å². The Kier molecular flexibility index (Phi) is 6.16. The second-order valence-electron chi connectivity index (χ2n) is 8.02. The SMILES string of the molecule is CN(CC1CCN(C(=O)c2cccc(-n3cccn3)c2)CC1)c1cc(C(F)(F)F)ccn1. The third-order valence-corrected chi connectivity index (χ3v) is 5.76. The first-order valence-corrected chi connectivity index (χ1v) is 10.4. The third kappa shape index (κ3) is 4.92. The van der Waals surface area contributed by atoms with Gasteiger partial charge in [0.2, 0.25) is 0 Å². The monoisotopic (exact) mass is 443 g/mol. The van der Waals surface area contributed by atoms with Crippen LogP contribution < -0.4 is 4.90 Å². The fourth-order valence-corrected chi connectivity index (χ4v) is 3.99. The van der Waals surface area contributed by atoms with E-state index in [0.717, 1.165) is 30.7 Å². The fraction of sp³-hybridized carbons (Fsp3) is 0.348. The van der Waals surface area contributed by atoms with Gasteiger partial charge in [-0.05, 0) is 55.2 Å². The van der Waals surface area contributed by atoms with E-state index in [2.05, 4.69) is 10.1 Å². The quantitative estimate of drug-likeness (QED) is 0.591. The topological polar surface area (TPSA) is 54.3 Å². The second kappa shape index (κ2) is 9.02. The van der Waals surface area contributed by atoms with Crippen molar-refractivity contribution < 1.29 is 18.0 Å². The van der Waals surface area contributed by atoms with Gasteiger partial charge in [-0.3, -0.25) is 4.79 Å². The van der Waals surface area contributed by atoms with Crippen LogP contribution in [0.1, 0.15) is 28.8 Å². The summed E-state index contributed by atoms with van der Waals surface area (Å²) in [5, 5.41) is 4.20. The summed E-state index contributed by atoms with van der Waals surface area (Å²) in [5.74, 6) is 0.551. The highest BCUT2D eigenvalue weighted by atomic mass is 19.4. The lowest BCUT2D eigenvalue weighted by atomic mass is 9.95. The van der Waals surface area contributed by atoms with Crippen LogP contribution in [0.5, 0.6) is 0 Å². The Morgan fingerprint density at radius 3 is 2.59 bits per heavy atom. The number of hydrogen-bond donors (Lipinski definition) is 0. The number of rotatable bonds is 5. The standard InChI is InChI=1S/C23H24F3N5O/c1-29(21-15-19(6-10-27-21)23(24,25)26)16-17-7-12-30(13-8-17)22(32)18-4-2-5-20(14-18)31-11-3-9-28-31/h2-6,9-11,14-15,17H,7-8,12-13,16H2,1H3. The van der Waals surface area contributed by atoms with Gasteiger partial charge < -0.3 is 9.80 Å². The summed E-state index contributed by atoms with van der Waals surface area (Å²) in [7, 11) is 1.75. The number of aromatic nitrogens is 3. The molecule has 1 amide bonds. The van der Waals surface area contributed by atoms with E-state index in [9.17, 15) is 18.0 Å². The smallest absolute Gasteiger partial charge is 0.359 e. The highest BCUT2D eigenvalue weighted by Gasteiger charge is 2.31. The highest BCUT2D eigenvalue weighted by Crippen LogP contribution is 2.31. The average molecular weight is 443 g/mol. The van der Waals surface area contributed by atoms with Crippen molar-refractivity contribution in [3.8, 4) is 5.69 Å². The molecule has 1 aliphatic heterocycles. The van der Waals surface area contributed by atoms with Gasteiger partial charge in [0.15, 0.2) is 0 Å². The minimum atomic E-state index is -4.39. The molecule has 0 aliphatic carbocycles. The van der Waals surface area contributed by atoms with Crippen LogP contribution in [0, 0.1) is 5.92 Å². The van der Waals surface area contributed by atoms with Crippen LogP contribution in [0.25, 0.3) is 5.69 Å². The molecule has 32 heavy (non-hydrogen) atoms. The van der Waals surface area contributed by atoms with Crippen LogP contribution >= 0.6 is 0 Å². The van der Waals surface area contributed by atoms with Crippen LogP contribution in [0.2, 0.25) is 0 Å². The molecule has 3 aromatic rings. The molecule has 3 heterocycles. The summed E-state index contributed by atoms with van der Waals surface area (Å²) in [6.45, 7) is 1.81. The molecule has 168 valence electrons. The molecule has 1 aliphatic rings. The maximum atomic E-state index is 13.0. The lowest BCUT2D eigenvalue weighted by Gasteiger charge is -2.34. The number of nitrogens with zero attached hydrogens (tertiary/aromatic N) is 5. The number of alkyl halides is 3. The molecular weight excluding hydrogens is 419 g/mol. The summed E-state index contributed by atoms with van der Waals surface area (Å²) in [6, 6.07) is 11.2. The molecule has 1 aromatic carbocycles. The number of hydrogen-bond acceptors (Lipinski definition) is 4. The Labute approximate surface area is 184 Å². The van der Waals surface area contributed by atoms with Crippen molar-refractivity contribution in [3.63, 3.8) is 0 Å². The Morgan fingerprint density at radius 1 is 1.12 bits per heavy atom. The lowest BCUT2D eigenvalue weighted by Crippen LogP contribution is -2.41. The van der Waals surface area contributed by atoms with E-state index in [0.29, 0.717) is 31.0 Å². The summed E-state index contributed by atoms with van der Waals surface area (Å²) >= 11 is 0. The molecule has 0 N–H and O–H groups in total. The maximum Gasteiger partial charge on any atom is 0.416 e. The second-order valence-corrected chi connectivity index (χ2v) is 8.02. The van der Waals surface area contributed by atoms with Crippen molar-refractivity contribution in [1.29, 1.82) is 0 Å². The number of carbonyl (C=O) groups is 1. The first-order valence-electron chi connectivity index (χ1n) is 10.4. The van der Waals surface area contributed by atoms with E-state index in [4.69, 9.17) is 0 Å². The Bertz CT molecular complexity index is 1060. The fourth-order valence-electron chi connectivity index (χ4n) is 3.99. The Hall–Kier alpha value is -3.36. The van der Waals surface area contributed by atoms with Crippen molar-refractivity contribution in [2.45, 2.75) is 19.0 Å². The molecule has 2 aromatic heterocycles. The van der Waals surface area contributed by atoms with Gasteiger partial charge in [0.05, 0.1) is 11.3 Å². The Morgan fingerprint density at radius 2 is 1.91 bits per heavy atom. The first kappa shape index (κ1) is 21.9. The molecule has 0 spiro atoms. The zero-order chi connectivity index (χ0) is 22.7. The van der Waals surface area contributed by atoms with Crippen molar-refractivity contribution in [1.82, 2.24) is 19.7 Å². The molecule has 6 nitrogen and oxygen atoms in total. The molecule has 0 atom stereocenters. The van der Waals surface area contributed by atoms with Crippen LogP contribution in [0.15, 0.2) is 61.1 Å². The molecule has 0 saturated carbocycles. The first-order chi connectivity index (χ1) is 15.3. The number of carbonyl (C=O) groups excluding carboxylic acids is 1. The van der Waals surface area contributed by atoms with Gasteiger partial charge >= 0.3 is 6.18 Å². The van der Waals surface area contributed by atoms with Crippen LogP contribution in [-0.4, -0.2) is 52.3 Å². The molecule has 9 heteroatoms. The molecule has 4 rings (SSSR count). The highest BCUT2D eigenvalue weighted by molar-refractivity contribution is 5.94. The van der Waals surface area contributed by atoms with Gasteiger partial charge in [-0.2, -0.15) is 18.3 Å². The summed E-state index contributed by atoms with van der Waals surface area (Å²) in [5.41, 5.74) is 0.736. The zero-order valence-corrected chi connectivity index (χ0v) is 17.7. The maximum absolute atomic E-state index is 13.0. The molecule has 0 bridgehead atoms. The van der Waals surface area contributed by atoms with Crippen molar-refractivity contribution >= 4 is 11.7 Å². The lowest BCUT2D eigenvalue weighted by molar-refractivity contribution is -0.137. The van der Waals surface area contributed by atoms with Gasteiger partial charge in [0.25, 0.3) is 5.91 Å². The normalized spacial score (nSPS) is 15.1. The predicted octanol–water partition coefficient (Wildman–Crippen LogP) is 4.27. The molecule has 1 fully saturated rings. The molecule has 0 unspecified atom stereocenters. The number of halogens is 3. The minimum Gasteiger partial charge on any atom is -0.359 e. The van der Waals surface area contributed by atoms with E-state index in [1.165, 1.54) is 6.20 Å². The molecular formula is C23H24F3N5O. The average Bonchev–Trinajstić information content (AvgIpc) is 3.34. The van der Waals surface area contributed by atoms with Gasteiger partial charge in [0, 0.05) is 50.8 Å². The van der Waals surface area contributed by atoms with Gasteiger partial charge in [0.1, 0.15) is 5.82 Å². The van der Waals surface area contributed by atoms with Gasteiger partial charge in [-0.15, -0.1) is 0 Å². The number of likely N-dealkylation sites (tertiary alicyclic amines) is 1. The number of anilines is 1. The van der Waals surface area contributed by atoms with E-state index in [1.807, 2.05) is 35.4 Å². The minimum absolute atomic E-state index is 0.0228. The van der Waals surface area contributed by atoms with Gasteiger partial charge in [-0.25, -0.2) is 9.67 Å². The van der Waals surface area contributed by atoms with Crippen LogP contribution in [0.4, 0.5) is 19.0 Å². The summed E-state index contributed by atoms with van der Waals surface area (Å²) in [6.07, 6.45) is 1.88. The number of piperidine rings is 1. The van der Waals surface area contributed by atoms with Crippen molar-refractivity contribution in [3.05, 3.63) is 72.2 Å². The van der Waals surface area contributed by atoms with E-state index in [-0.39, 0.29) is 11.8 Å². The van der Waals surface area contributed by atoms with Crippen molar-refractivity contribution in [2.75, 3.05) is 31.6 Å². The summed E-state index contributed by atoms with van der Waals surface area (Å²) < 4.78 is 40.6. The number of amides is 1. The van der Waals surface area contributed by atoms with Crippen molar-refractivity contribution in [2.24, 2.45) is 5.92 Å². The van der Waals surface area contributed by atoms with E-state index >= 15 is 0 Å². The third-order valence-electron chi connectivity index (χ3n) is 5.76. The zero-order valence-electron chi connectivity index (χ0n) is 17.7. The molecule has 0 radical (unpaired) electrons. The van der Waals surface area contributed by atoms with Crippen LogP contribution in [-0.2, 0) is 6.18 Å². The largest absolute Gasteiger partial charge is 0.416 e. The number of pyridine rings is 1. The van der Waals surface area contributed by atoms with E-state index in [1.54, 1.807) is 28.9 Å². The van der Waals surface area contributed by atoms with E-state index < -0.39 is 11.7 Å². The Balaban J connectivity index is 1.34. The van der Waals surface area contributed by atoms with Gasteiger partial charge in [-0.1, -0.05) is 6.07 Å². The number of benzene rings is 1. The molecule has 1 saturated heterocycles. The predicted molar refractivity (Wildman–Crippen MR) is 115 cm³/mol.